The monoisotopic (exact) mass is 294 g/mol. The normalized spacial score (nSPS) is 19.0. The van der Waals surface area contributed by atoms with Crippen LogP contribution in [0.5, 0.6) is 0 Å². The zero-order chi connectivity index (χ0) is 14.9. The number of hydrogen-bond acceptors (Lipinski definition) is 5. The number of anilines is 1. The van der Waals surface area contributed by atoms with Crippen molar-refractivity contribution in [2.45, 2.75) is 25.4 Å². The molecule has 0 bridgehead atoms. The summed E-state index contributed by atoms with van der Waals surface area (Å²) in [6.07, 6.45) is 4.15. The van der Waals surface area contributed by atoms with E-state index in [-0.39, 0.29) is 0 Å². The Labute approximate surface area is 128 Å². The summed E-state index contributed by atoms with van der Waals surface area (Å²) in [7, 11) is 0. The number of nitrogen functional groups attached to an aromatic ring is 1. The van der Waals surface area contributed by atoms with Crippen molar-refractivity contribution in [2.75, 3.05) is 12.3 Å². The summed E-state index contributed by atoms with van der Waals surface area (Å²) in [5.41, 5.74) is 9.01. The molecule has 0 aliphatic carbocycles. The summed E-state index contributed by atoms with van der Waals surface area (Å²) in [5.74, 6) is 0.470. The van der Waals surface area contributed by atoms with Gasteiger partial charge >= 0.3 is 0 Å². The number of nitrogens with zero attached hydrogens (tertiary/aromatic N) is 4. The average Bonchev–Trinajstić information content (AvgIpc) is 3.17. The van der Waals surface area contributed by atoms with Crippen molar-refractivity contribution in [2.24, 2.45) is 0 Å². The topological polar surface area (TPSA) is 83.7 Å². The predicted octanol–water partition coefficient (Wildman–Crippen LogP) is 2.27. The largest absolute Gasteiger partial charge is 0.382 e. The van der Waals surface area contributed by atoms with Crippen molar-refractivity contribution in [3.8, 4) is 0 Å². The Morgan fingerprint density at radius 1 is 1.23 bits per heavy atom. The SMILES string of the molecule is Nc1ccc(C2CCCN2Cc2ccc3cn[nH]c3c2)nn1. The fourth-order valence-corrected chi connectivity index (χ4v) is 3.20. The fraction of sp³-hybridized carbons (Fsp3) is 0.312. The van der Waals surface area contributed by atoms with Crippen LogP contribution in [0.3, 0.4) is 0 Å². The number of nitrogens with two attached hydrogens (primary N) is 1. The molecule has 1 aromatic carbocycles. The van der Waals surface area contributed by atoms with Crippen molar-refractivity contribution < 1.29 is 0 Å². The molecule has 2 aromatic heterocycles. The third-order valence-electron chi connectivity index (χ3n) is 4.30. The van der Waals surface area contributed by atoms with Crippen LogP contribution in [0.1, 0.15) is 30.1 Å². The number of aromatic amines is 1. The molecule has 0 radical (unpaired) electrons. The molecule has 3 N–H and O–H groups in total. The molecular weight excluding hydrogens is 276 g/mol. The second-order valence-corrected chi connectivity index (χ2v) is 5.80. The van der Waals surface area contributed by atoms with Crippen molar-refractivity contribution in [3.05, 3.63) is 47.8 Å². The number of rotatable bonds is 3. The van der Waals surface area contributed by atoms with Crippen LogP contribution in [-0.4, -0.2) is 31.8 Å². The standard InChI is InChI=1S/C16H18N6/c17-16-6-5-13(20-21-16)15-2-1-7-22(15)10-11-3-4-12-9-18-19-14(12)8-11/h3-6,8-9,15H,1-2,7,10H2,(H2,17,21)(H,18,19). The molecule has 0 saturated carbocycles. The van der Waals surface area contributed by atoms with Crippen LogP contribution in [0.4, 0.5) is 5.82 Å². The molecule has 1 fully saturated rings. The number of benzene rings is 1. The van der Waals surface area contributed by atoms with Gasteiger partial charge in [-0.15, -0.1) is 5.10 Å². The lowest BCUT2D eigenvalue weighted by molar-refractivity contribution is 0.243. The van der Waals surface area contributed by atoms with E-state index >= 15 is 0 Å². The van der Waals surface area contributed by atoms with Gasteiger partial charge in [-0.1, -0.05) is 12.1 Å². The molecule has 3 aromatic rings. The van der Waals surface area contributed by atoms with Gasteiger partial charge in [-0.05, 0) is 43.1 Å². The maximum atomic E-state index is 5.63. The number of likely N-dealkylation sites (tertiary alicyclic amines) is 1. The molecule has 1 aliphatic heterocycles. The second-order valence-electron chi connectivity index (χ2n) is 5.80. The van der Waals surface area contributed by atoms with Crippen molar-refractivity contribution in [3.63, 3.8) is 0 Å². The molecule has 6 nitrogen and oxygen atoms in total. The lowest BCUT2D eigenvalue weighted by atomic mass is 10.1. The maximum absolute atomic E-state index is 5.63. The average molecular weight is 294 g/mol. The van der Waals surface area contributed by atoms with Crippen LogP contribution in [-0.2, 0) is 6.54 Å². The number of H-pyrrole nitrogens is 1. The molecule has 1 unspecified atom stereocenters. The molecule has 0 spiro atoms. The Balaban J connectivity index is 1.56. The van der Waals surface area contributed by atoms with Crippen LogP contribution in [0.2, 0.25) is 0 Å². The third-order valence-corrected chi connectivity index (χ3v) is 4.30. The molecular formula is C16H18N6. The van der Waals surface area contributed by atoms with E-state index in [9.17, 15) is 0 Å². The Bertz CT molecular complexity index is 779. The first-order chi connectivity index (χ1) is 10.8. The van der Waals surface area contributed by atoms with Gasteiger partial charge in [0.15, 0.2) is 0 Å². The zero-order valence-electron chi connectivity index (χ0n) is 12.2. The first kappa shape index (κ1) is 13.2. The van der Waals surface area contributed by atoms with Crippen molar-refractivity contribution in [1.82, 2.24) is 25.3 Å². The van der Waals surface area contributed by atoms with E-state index in [1.54, 1.807) is 0 Å². The smallest absolute Gasteiger partial charge is 0.146 e. The van der Waals surface area contributed by atoms with Gasteiger partial charge in [-0.2, -0.15) is 10.2 Å². The number of fused-ring (bicyclic) bond motifs is 1. The van der Waals surface area contributed by atoms with Gasteiger partial charge in [0.2, 0.25) is 0 Å². The van der Waals surface area contributed by atoms with Gasteiger partial charge in [0.05, 0.1) is 23.4 Å². The minimum Gasteiger partial charge on any atom is -0.382 e. The summed E-state index contributed by atoms with van der Waals surface area (Å²) in [4.78, 5) is 2.46. The van der Waals surface area contributed by atoms with E-state index in [1.165, 1.54) is 12.0 Å². The van der Waals surface area contributed by atoms with E-state index in [2.05, 4.69) is 43.5 Å². The summed E-state index contributed by atoms with van der Waals surface area (Å²) in [6, 6.07) is 10.6. The number of hydrogen-bond donors (Lipinski definition) is 2. The zero-order valence-corrected chi connectivity index (χ0v) is 12.2. The molecule has 1 atom stereocenters. The van der Waals surface area contributed by atoms with Crippen LogP contribution in [0.25, 0.3) is 10.9 Å². The highest BCUT2D eigenvalue weighted by Gasteiger charge is 2.27. The van der Waals surface area contributed by atoms with Crippen LogP contribution < -0.4 is 5.73 Å². The van der Waals surface area contributed by atoms with E-state index < -0.39 is 0 Å². The summed E-state index contributed by atoms with van der Waals surface area (Å²) < 4.78 is 0. The highest BCUT2D eigenvalue weighted by atomic mass is 15.2. The van der Waals surface area contributed by atoms with Gasteiger partial charge < -0.3 is 5.73 Å². The molecule has 112 valence electrons. The minimum atomic E-state index is 0.325. The van der Waals surface area contributed by atoms with Gasteiger partial charge in [-0.25, -0.2) is 0 Å². The number of aromatic nitrogens is 4. The van der Waals surface area contributed by atoms with Crippen LogP contribution in [0, 0.1) is 0 Å². The van der Waals surface area contributed by atoms with Gasteiger partial charge in [0.1, 0.15) is 5.82 Å². The van der Waals surface area contributed by atoms with E-state index in [0.29, 0.717) is 11.9 Å². The predicted molar refractivity (Wildman–Crippen MR) is 84.9 cm³/mol. The maximum Gasteiger partial charge on any atom is 0.146 e. The molecule has 0 amide bonds. The van der Waals surface area contributed by atoms with Crippen molar-refractivity contribution in [1.29, 1.82) is 0 Å². The quantitative estimate of drug-likeness (QED) is 0.774. The Kier molecular flexibility index (Phi) is 3.23. The van der Waals surface area contributed by atoms with E-state index in [1.807, 2.05) is 18.3 Å². The van der Waals surface area contributed by atoms with Crippen LogP contribution in [0.15, 0.2) is 36.5 Å². The van der Waals surface area contributed by atoms with Gasteiger partial charge in [-0.3, -0.25) is 10.00 Å². The summed E-state index contributed by atoms with van der Waals surface area (Å²) in [6.45, 7) is 1.99. The molecule has 1 saturated heterocycles. The summed E-state index contributed by atoms with van der Waals surface area (Å²) >= 11 is 0. The van der Waals surface area contributed by atoms with Gasteiger partial charge in [0.25, 0.3) is 0 Å². The van der Waals surface area contributed by atoms with Crippen molar-refractivity contribution >= 4 is 16.7 Å². The molecule has 1 aliphatic rings. The highest BCUT2D eigenvalue weighted by molar-refractivity contribution is 5.78. The second kappa shape index (κ2) is 5.38. The number of nitrogens with one attached hydrogen (secondary N) is 1. The fourth-order valence-electron chi connectivity index (χ4n) is 3.20. The van der Waals surface area contributed by atoms with Crippen LogP contribution >= 0.6 is 0 Å². The first-order valence-electron chi connectivity index (χ1n) is 7.55. The van der Waals surface area contributed by atoms with E-state index in [0.717, 1.165) is 36.1 Å². The Morgan fingerprint density at radius 3 is 3.05 bits per heavy atom. The van der Waals surface area contributed by atoms with E-state index in [4.69, 9.17) is 5.73 Å². The molecule has 22 heavy (non-hydrogen) atoms. The lowest BCUT2D eigenvalue weighted by Gasteiger charge is -2.23. The minimum absolute atomic E-state index is 0.325. The Morgan fingerprint density at radius 2 is 2.18 bits per heavy atom. The Hall–Kier alpha value is -2.47. The molecule has 4 rings (SSSR count). The van der Waals surface area contributed by atoms with Gasteiger partial charge in [0, 0.05) is 11.9 Å². The summed E-state index contributed by atoms with van der Waals surface area (Å²) in [5, 5.41) is 16.5. The molecule has 6 heteroatoms. The third kappa shape index (κ3) is 2.42. The molecule has 3 heterocycles. The first-order valence-corrected chi connectivity index (χ1v) is 7.55. The highest BCUT2D eigenvalue weighted by Crippen LogP contribution is 2.32. The lowest BCUT2D eigenvalue weighted by Crippen LogP contribution is -2.23.